The van der Waals surface area contributed by atoms with Crippen molar-refractivity contribution in [2.24, 2.45) is 0 Å². The molecule has 1 aliphatic rings. The van der Waals surface area contributed by atoms with Crippen LogP contribution in [0.15, 0.2) is 36.4 Å². The van der Waals surface area contributed by atoms with E-state index in [1.165, 1.54) is 43.0 Å². The highest BCUT2D eigenvalue weighted by Gasteiger charge is 2.50. The van der Waals surface area contributed by atoms with Gasteiger partial charge in [0.2, 0.25) is 0 Å². The van der Waals surface area contributed by atoms with Crippen LogP contribution in [0, 0.1) is 17.1 Å². The van der Waals surface area contributed by atoms with E-state index in [4.69, 9.17) is 22.2 Å². The lowest BCUT2D eigenvalue weighted by Gasteiger charge is -2.29. The van der Waals surface area contributed by atoms with Gasteiger partial charge in [-0.3, -0.25) is 9.69 Å². The molecule has 162 valence electrons. The van der Waals surface area contributed by atoms with Crippen molar-refractivity contribution in [2.45, 2.75) is 32.5 Å². The van der Waals surface area contributed by atoms with Crippen molar-refractivity contribution in [3.63, 3.8) is 0 Å². The zero-order valence-corrected chi connectivity index (χ0v) is 17.6. The van der Waals surface area contributed by atoms with Crippen molar-refractivity contribution in [3.05, 3.63) is 53.3 Å². The van der Waals surface area contributed by atoms with Crippen LogP contribution in [0.5, 0.6) is 5.75 Å². The van der Waals surface area contributed by atoms with Crippen molar-refractivity contribution in [1.82, 2.24) is 0 Å². The maximum atomic E-state index is 14.4. The van der Waals surface area contributed by atoms with Gasteiger partial charge in [-0.05, 0) is 63.3 Å². The van der Waals surface area contributed by atoms with Crippen LogP contribution < -0.4 is 14.5 Å². The van der Waals surface area contributed by atoms with E-state index < -0.39 is 34.6 Å². The van der Waals surface area contributed by atoms with E-state index >= 15 is 0 Å². The third-order valence-corrected chi connectivity index (χ3v) is 5.19. The molecule has 10 heteroatoms. The molecule has 0 bridgehead atoms. The van der Waals surface area contributed by atoms with Gasteiger partial charge in [-0.15, -0.1) is 0 Å². The van der Waals surface area contributed by atoms with Crippen LogP contribution in [0.2, 0.25) is 0 Å². The molecule has 0 saturated carbocycles. The molecule has 0 spiro atoms. The maximum Gasteiger partial charge on any atom is 0.417 e. The number of amides is 1. The highest BCUT2D eigenvalue weighted by Crippen LogP contribution is 2.40. The van der Waals surface area contributed by atoms with Gasteiger partial charge < -0.3 is 9.64 Å². The standard InChI is InChI=1S/C21H17F4N3O2S/c1-4-30-17-8-7-14(10-16(17)22)28-19(31)27(18(29)20(28,2)3)13-6-5-12(11-26)15(9-13)21(23,24)25/h5-10H,4H2,1-3H3. The van der Waals surface area contributed by atoms with Crippen LogP contribution >= 0.6 is 12.2 Å². The third kappa shape index (κ3) is 3.81. The van der Waals surface area contributed by atoms with Gasteiger partial charge in [-0.25, -0.2) is 4.39 Å². The number of ether oxygens (including phenoxy) is 1. The molecule has 31 heavy (non-hydrogen) atoms. The first-order valence-electron chi connectivity index (χ1n) is 9.16. The van der Waals surface area contributed by atoms with Crippen LogP contribution in [0.1, 0.15) is 31.9 Å². The van der Waals surface area contributed by atoms with E-state index in [0.717, 1.165) is 17.0 Å². The Morgan fingerprint density at radius 1 is 1.16 bits per heavy atom. The van der Waals surface area contributed by atoms with Crippen molar-refractivity contribution in [3.8, 4) is 11.8 Å². The van der Waals surface area contributed by atoms with E-state index in [9.17, 15) is 22.4 Å². The molecule has 5 nitrogen and oxygen atoms in total. The monoisotopic (exact) mass is 451 g/mol. The minimum absolute atomic E-state index is 0.0271. The maximum absolute atomic E-state index is 14.4. The van der Waals surface area contributed by atoms with Gasteiger partial charge >= 0.3 is 6.18 Å². The molecule has 2 aromatic rings. The van der Waals surface area contributed by atoms with Crippen molar-refractivity contribution >= 4 is 34.6 Å². The number of carbonyl (C=O) groups excluding carboxylic acids is 1. The molecule has 0 atom stereocenters. The van der Waals surface area contributed by atoms with Crippen LogP contribution in [-0.4, -0.2) is 23.2 Å². The lowest BCUT2D eigenvalue weighted by atomic mass is 10.0. The summed E-state index contributed by atoms with van der Waals surface area (Å²) in [6.07, 6.45) is -4.79. The number of thiocarbonyl (C=S) groups is 1. The van der Waals surface area contributed by atoms with Gasteiger partial charge in [0.05, 0.1) is 29.5 Å². The molecule has 0 unspecified atom stereocenters. The fourth-order valence-electron chi connectivity index (χ4n) is 3.36. The average molecular weight is 451 g/mol. The lowest BCUT2D eigenvalue weighted by Crippen LogP contribution is -2.44. The van der Waals surface area contributed by atoms with Crippen LogP contribution in [0.3, 0.4) is 0 Å². The quantitative estimate of drug-likeness (QED) is 0.482. The summed E-state index contributed by atoms with van der Waals surface area (Å²) >= 11 is 5.41. The Labute approximate surface area is 181 Å². The number of benzene rings is 2. The number of hydrogen-bond donors (Lipinski definition) is 0. The zero-order valence-electron chi connectivity index (χ0n) is 16.7. The van der Waals surface area contributed by atoms with Crippen LogP contribution in [-0.2, 0) is 11.0 Å². The Bertz CT molecular complexity index is 1110. The minimum Gasteiger partial charge on any atom is -0.491 e. The second-order valence-electron chi connectivity index (χ2n) is 7.20. The second-order valence-corrected chi connectivity index (χ2v) is 7.57. The molecule has 1 fully saturated rings. The number of carbonyl (C=O) groups is 1. The van der Waals surface area contributed by atoms with Crippen LogP contribution in [0.4, 0.5) is 28.9 Å². The zero-order chi connectivity index (χ0) is 23.1. The van der Waals surface area contributed by atoms with E-state index in [0.29, 0.717) is 6.07 Å². The third-order valence-electron chi connectivity index (χ3n) is 4.83. The van der Waals surface area contributed by atoms with Crippen molar-refractivity contribution in [1.29, 1.82) is 5.26 Å². The predicted octanol–water partition coefficient (Wildman–Crippen LogP) is 5.03. The summed E-state index contributed by atoms with van der Waals surface area (Å²) < 4.78 is 59.7. The minimum atomic E-state index is -4.79. The Morgan fingerprint density at radius 2 is 1.81 bits per heavy atom. The fourth-order valence-corrected chi connectivity index (χ4v) is 3.88. The number of hydrogen-bond acceptors (Lipinski definition) is 4. The summed E-state index contributed by atoms with van der Waals surface area (Å²) in [6.45, 7) is 5.03. The van der Waals surface area contributed by atoms with Crippen molar-refractivity contribution < 1.29 is 27.1 Å². The summed E-state index contributed by atoms with van der Waals surface area (Å²) in [4.78, 5) is 15.5. The lowest BCUT2D eigenvalue weighted by molar-refractivity contribution is -0.137. The number of rotatable bonds is 4. The first kappa shape index (κ1) is 22.5. The molecule has 2 aromatic carbocycles. The normalized spacial score (nSPS) is 15.9. The molecule has 1 amide bonds. The molecule has 1 saturated heterocycles. The first-order valence-corrected chi connectivity index (χ1v) is 9.56. The van der Waals surface area contributed by atoms with Gasteiger partial charge in [0.25, 0.3) is 5.91 Å². The summed E-state index contributed by atoms with van der Waals surface area (Å²) in [5.74, 6) is -1.23. The molecule has 0 radical (unpaired) electrons. The molecule has 0 aromatic heterocycles. The molecule has 1 aliphatic heterocycles. The number of nitrogens with zero attached hydrogens (tertiary/aromatic N) is 3. The molecule has 1 heterocycles. The highest BCUT2D eigenvalue weighted by molar-refractivity contribution is 7.81. The summed E-state index contributed by atoms with van der Waals surface area (Å²) in [7, 11) is 0. The Balaban J connectivity index is 2.08. The van der Waals surface area contributed by atoms with Gasteiger partial charge in [-0.1, -0.05) is 0 Å². The number of nitriles is 1. The van der Waals surface area contributed by atoms with E-state index in [-0.39, 0.29) is 28.8 Å². The van der Waals surface area contributed by atoms with Gasteiger partial charge in [0.15, 0.2) is 16.7 Å². The van der Waals surface area contributed by atoms with Gasteiger partial charge in [0.1, 0.15) is 5.54 Å². The van der Waals surface area contributed by atoms with Crippen LogP contribution in [0.25, 0.3) is 0 Å². The SMILES string of the molecule is CCOc1ccc(N2C(=S)N(c3ccc(C#N)c(C(F)(F)F)c3)C(=O)C2(C)C)cc1F. The van der Waals surface area contributed by atoms with E-state index in [1.54, 1.807) is 6.92 Å². The summed E-state index contributed by atoms with van der Waals surface area (Å²) in [5.41, 5.74) is -2.94. The second kappa shape index (κ2) is 7.81. The van der Waals surface area contributed by atoms with E-state index in [1.807, 2.05) is 0 Å². The Morgan fingerprint density at radius 3 is 2.35 bits per heavy atom. The number of anilines is 2. The van der Waals surface area contributed by atoms with Gasteiger partial charge in [0, 0.05) is 11.8 Å². The van der Waals surface area contributed by atoms with E-state index in [2.05, 4.69) is 0 Å². The number of alkyl halides is 3. The molecule has 3 rings (SSSR count). The molecular formula is C21H17F4N3O2S. The topological polar surface area (TPSA) is 56.6 Å². The molecule has 0 aliphatic carbocycles. The first-order chi connectivity index (χ1) is 14.4. The smallest absolute Gasteiger partial charge is 0.417 e. The average Bonchev–Trinajstić information content (AvgIpc) is 2.87. The Kier molecular flexibility index (Phi) is 5.67. The summed E-state index contributed by atoms with van der Waals surface area (Å²) in [6, 6.07) is 8.46. The largest absolute Gasteiger partial charge is 0.491 e. The number of halogens is 4. The summed E-state index contributed by atoms with van der Waals surface area (Å²) in [5, 5.41) is 8.88. The molecular weight excluding hydrogens is 434 g/mol. The van der Waals surface area contributed by atoms with Gasteiger partial charge in [-0.2, -0.15) is 18.4 Å². The molecule has 0 N–H and O–H groups in total. The predicted molar refractivity (Wildman–Crippen MR) is 110 cm³/mol. The Hall–Kier alpha value is -3.19. The highest BCUT2D eigenvalue weighted by atomic mass is 32.1. The fraction of sp³-hybridized carbons (Fsp3) is 0.286. The van der Waals surface area contributed by atoms with Crippen molar-refractivity contribution in [2.75, 3.05) is 16.4 Å².